The summed E-state index contributed by atoms with van der Waals surface area (Å²) in [5.41, 5.74) is 0. The Kier molecular flexibility index (Phi) is 7.28. The molecule has 0 aromatic carbocycles. The Labute approximate surface area is 99.8 Å². The zero-order chi connectivity index (χ0) is 11.6. The fraction of sp³-hybridized carbons (Fsp3) is 0.929. The van der Waals surface area contributed by atoms with Gasteiger partial charge in [-0.2, -0.15) is 0 Å². The molecule has 1 aliphatic carbocycles. The number of carbonyl (C=O) groups is 1. The molecule has 1 rings (SSSR count). The lowest BCUT2D eigenvalue weighted by molar-refractivity contribution is -0.149. The number of rotatable bonds is 3. The molecule has 0 N–H and O–H groups in total. The third-order valence-electron chi connectivity index (χ3n) is 3.30. The zero-order valence-electron chi connectivity index (χ0n) is 10.7. The van der Waals surface area contributed by atoms with Crippen LogP contribution in [0.3, 0.4) is 0 Å². The predicted octanol–water partition coefficient (Wildman–Crippen LogP) is 4.22. The van der Waals surface area contributed by atoms with Crippen molar-refractivity contribution < 1.29 is 9.53 Å². The molecule has 0 aliphatic heterocycles. The maximum absolute atomic E-state index is 11.4. The molecular formula is C14H26O2. The third-order valence-corrected chi connectivity index (χ3v) is 3.30. The van der Waals surface area contributed by atoms with Gasteiger partial charge in [-0.1, -0.05) is 39.0 Å². The maximum atomic E-state index is 11.4. The summed E-state index contributed by atoms with van der Waals surface area (Å²) >= 11 is 0. The van der Waals surface area contributed by atoms with E-state index in [2.05, 4.69) is 0 Å². The summed E-state index contributed by atoms with van der Waals surface area (Å²) < 4.78 is 5.52. The molecule has 0 radical (unpaired) electrons. The minimum Gasteiger partial charge on any atom is -0.462 e. The van der Waals surface area contributed by atoms with Crippen LogP contribution in [-0.2, 0) is 9.53 Å². The van der Waals surface area contributed by atoms with E-state index in [4.69, 9.17) is 4.74 Å². The van der Waals surface area contributed by atoms with Crippen LogP contribution >= 0.6 is 0 Å². The highest BCUT2D eigenvalue weighted by molar-refractivity contribution is 5.69. The summed E-state index contributed by atoms with van der Waals surface area (Å²) in [6, 6.07) is 0. The van der Waals surface area contributed by atoms with Crippen LogP contribution in [0.1, 0.15) is 77.6 Å². The Morgan fingerprint density at radius 1 is 1.00 bits per heavy atom. The first kappa shape index (κ1) is 13.5. The average molecular weight is 226 g/mol. The molecule has 0 unspecified atom stereocenters. The summed E-state index contributed by atoms with van der Waals surface area (Å²) in [6.45, 7) is 2.02. The second-order valence-electron chi connectivity index (χ2n) is 4.91. The van der Waals surface area contributed by atoms with Crippen molar-refractivity contribution in [2.75, 3.05) is 0 Å². The van der Waals surface area contributed by atoms with E-state index in [1.165, 1.54) is 44.9 Å². The smallest absolute Gasteiger partial charge is 0.306 e. The van der Waals surface area contributed by atoms with Crippen LogP contribution < -0.4 is 0 Å². The molecule has 0 aromatic rings. The molecule has 16 heavy (non-hydrogen) atoms. The van der Waals surface area contributed by atoms with Crippen molar-refractivity contribution in [3.8, 4) is 0 Å². The molecule has 1 aliphatic rings. The van der Waals surface area contributed by atoms with Gasteiger partial charge in [-0.15, -0.1) is 0 Å². The Balaban J connectivity index is 2.27. The molecule has 0 aromatic heterocycles. The van der Waals surface area contributed by atoms with Crippen LogP contribution in [0.15, 0.2) is 0 Å². The lowest BCUT2D eigenvalue weighted by atomic mass is 9.99. The van der Waals surface area contributed by atoms with Crippen LogP contribution in [0.4, 0.5) is 0 Å². The first-order valence-corrected chi connectivity index (χ1v) is 7.02. The van der Waals surface area contributed by atoms with Gasteiger partial charge >= 0.3 is 5.97 Å². The lowest BCUT2D eigenvalue weighted by Crippen LogP contribution is -2.18. The predicted molar refractivity (Wildman–Crippen MR) is 66.3 cm³/mol. The highest BCUT2D eigenvalue weighted by Gasteiger charge is 2.14. The second-order valence-corrected chi connectivity index (χ2v) is 4.91. The topological polar surface area (TPSA) is 26.3 Å². The quantitative estimate of drug-likeness (QED) is 0.673. The highest BCUT2D eigenvalue weighted by atomic mass is 16.5. The number of ether oxygens (including phenoxy) is 1. The summed E-state index contributed by atoms with van der Waals surface area (Å²) in [6.07, 6.45) is 13.0. The van der Waals surface area contributed by atoms with E-state index in [0.717, 1.165) is 19.3 Å². The highest BCUT2D eigenvalue weighted by Crippen LogP contribution is 2.19. The summed E-state index contributed by atoms with van der Waals surface area (Å²) in [4.78, 5) is 11.4. The molecule has 0 atom stereocenters. The molecule has 0 spiro atoms. The maximum Gasteiger partial charge on any atom is 0.306 e. The van der Waals surface area contributed by atoms with Gasteiger partial charge in [-0.3, -0.25) is 4.79 Å². The van der Waals surface area contributed by atoms with Gasteiger partial charge in [0, 0.05) is 6.42 Å². The van der Waals surface area contributed by atoms with E-state index < -0.39 is 0 Å². The summed E-state index contributed by atoms with van der Waals surface area (Å²) in [5.74, 6) is 0.00422. The van der Waals surface area contributed by atoms with E-state index in [1.54, 1.807) is 0 Å². The standard InChI is InChI=1S/C14H26O2/c1-2-10-14(15)16-13-11-8-6-4-3-5-7-9-12-13/h13H,2-12H2,1H3. The van der Waals surface area contributed by atoms with Crippen molar-refractivity contribution in [2.24, 2.45) is 0 Å². The van der Waals surface area contributed by atoms with E-state index in [0.29, 0.717) is 6.42 Å². The molecular weight excluding hydrogens is 200 g/mol. The Morgan fingerprint density at radius 2 is 1.50 bits per heavy atom. The summed E-state index contributed by atoms with van der Waals surface area (Å²) in [5, 5.41) is 0. The van der Waals surface area contributed by atoms with Crippen molar-refractivity contribution in [1.29, 1.82) is 0 Å². The molecule has 1 fully saturated rings. The van der Waals surface area contributed by atoms with Gasteiger partial charge < -0.3 is 4.74 Å². The Hall–Kier alpha value is -0.530. The van der Waals surface area contributed by atoms with E-state index in [9.17, 15) is 4.79 Å². The van der Waals surface area contributed by atoms with Crippen molar-refractivity contribution in [3.05, 3.63) is 0 Å². The molecule has 0 saturated heterocycles. The normalized spacial score (nSPS) is 20.3. The van der Waals surface area contributed by atoms with Crippen LogP contribution in [0.2, 0.25) is 0 Å². The Morgan fingerprint density at radius 3 is 2.00 bits per heavy atom. The first-order valence-electron chi connectivity index (χ1n) is 7.02. The van der Waals surface area contributed by atoms with Gasteiger partial charge in [0.1, 0.15) is 6.10 Å². The van der Waals surface area contributed by atoms with Crippen molar-refractivity contribution in [1.82, 2.24) is 0 Å². The minimum atomic E-state index is 0.00422. The third kappa shape index (κ3) is 6.14. The van der Waals surface area contributed by atoms with Crippen molar-refractivity contribution >= 4 is 5.97 Å². The summed E-state index contributed by atoms with van der Waals surface area (Å²) in [7, 11) is 0. The monoisotopic (exact) mass is 226 g/mol. The second kappa shape index (κ2) is 8.60. The van der Waals surface area contributed by atoms with Gasteiger partial charge in [-0.05, 0) is 32.1 Å². The fourth-order valence-corrected chi connectivity index (χ4v) is 2.34. The molecule has 1 saturated carbocycles. The Bertz CT molecular complexity index is 179. The number of hydrogen-bond donors (Lipinski definition) is 0. The van der Waals surface area contributed by atoms with Gasteiger partial charge in [-0.25, -0.2) is 0 Å². The van der Waals surface area contributed by atoms with Crippen molar-refractivity contribution in [2.45, 2.75) is 83.7 Å². The molecule has 94 valence electrons. The van der Waals surface area contributed by atoms with Crippen LogP contribution in [0.5, 0.6) is 0 Å². The molecule has 0 heterocycles. The molecule has 0 bridgehead atoms. The first-order chi connectivity index (χ1) is 7.83. The van der Waals surface area contributed by atoms with Gasteiger partial charge in [0.25, 0.3) is 0 Å². The van der Waals surface area contributed by atoms with Crippen molar-refractivity contribution in [3.63, 3.8) is 0 Å². The number of esters is 1. The van der Waals surface area contributed by atoms with E-state index >= 15 is 0 Å². The minimum absolute atomic E-state index is 0.00422. The number of carbonyl (C=O) groups excluding carboxylic acids is 1. The number of hydrogen-bond acceptors (Lipinski definition) is 2. The van der Waals surface area contributed by atoms with Gasteiger partial charge in [0.2, 0.25) is 0 Å². The van der Waals surface area contributed by atoms with E-state index in [-0.39, 0.29) is 12.1 Å². The fourth-order valence-electron chi connectivity index (χ4n) is 2.34. The van der Waals surface area contributed by atoms with E-state index in [1.807, 2.05) is 6.92 Å². The van der Waals surface area contributed by atoms with Crippen LogP contribution in [-0.4, -0.2) is 12.1 Å². The van der Waals surface area contributed by atoms with Crippen LogP contribution in [0, 0.1) is 0 Å². The van der Waals surface area contributed by atoms with Gasteiger partial charge in [0.15, 0.2) is 0 Å². The molecule has 2 heteroatoms. The zero-order valence-corrected chi connectivity index (χ0v) is 10.7. The molecule has 2 nitrogen and oxygen atoms in total. The average Bonchev–Trinajstić information content (AvgIpc) is 2.27. The lowest BCUT2D eigenvalue weighted by Gasteiger charge is -2.19. The SMILES string of the molecule is CCCC(=O)OC1CCCCCCCCC1. The molecule has 0 amide bonds. The van der Waals surface area contributed by atoms with Gasteiger partial charge in [0.05, 0.1) is 0 Å². The largest absolute Gasteiger partial charge is 0.462 e. The van der Waals surface area contributed by atoms with Crippen LogP contribution in [0.25, 0.3) is 0 Å².